The second-order valence-electron chi connectivity index (χ2n) is 5.21. The molecule has 114 valence electrons. The fourth-order valence-electron chi connectivity index (χ4n) is 2.48. The number of benzene rings is 2. The average molecular weight is 298 g/mol. The predicted octanol–water partition coefficient (Wildman–Crippen LogP) is 3.13. The van der Waals surface area contributed by atoms with Crippen LogP contribution in [0.5, 0.6) is 11.5 Å². The van der Waals surface area contributed by atoms with E-state index < -0.39 is 6.10 Å². The van der Waals surface area contributed by atoms with Crippen LogP contribution >= 0.6 is 0 Å². The van der Waals surface area contributed by atoms with Gasteiger partial charge in [-0.15, -0.1) is 0 Å². The van der Waals surface area contributed by atoms with Crippen LogP contribution in [0.3, 0.4) is 0 Å². The van der Waals surface area contributed by atoms with Crippen molar-refractivity contribution in [3.05, 3.63) is 59.7 Å². The fraction of sp³-hybridized carbons (Fsp3) is 0.278. The molecule has 4 heteroatoms. The summed E-state index contributed by atoms with van der Waals surface area (Å²) < 4.78 is 16.3. The van der Waals surface area contributed by atoms with E-state index in [4.69, 9.17) is 14.2 Å². The minimum atomic E-state index is -0.526. The monoisotopic (exact) mass is 298 g/mol. The first-order chi connectivity index (χ1) is 10.8. The van der Waals surface area contributed by atoms with Crippen LogP contribution < -0.4 is 9.47 Å². The minimum Gasteiger partial charge on any atom is -0.489 e. The van der Waals surface area contributed by atoms with Gasteiger partial charge in [-0.1, -0.05) is 36.4 Å². The maximum absolute atomic E-state index is 11.6. The largest absolute Gasteiger partial charge is 0.489 e. The van der Waals surface area contributed by atoms with Gasteiger partial charge in [-0.25, -0.2) is 4.79 Å². The lowest BCUT2D eigenvalue weighted by molar-refractivity contribution is -0.149. The van der Waals surface area contributed by atoms with Crippen molar-refractivity contribution in [1.82, 2.24) is 0 Å². The second-order valence-corrected chi connectivity index (χ2v) is 5.21. The normalized spacial score (nSPS) is 16.3. The number of carbonyl (C=O) groups excluding carboxylic acids is 1. The van der Waals surface area contributed by atoms with Crippen LogP contribution in [0.1, 0.15) is 17.5 Å². The van der Waals surface area contributed by atoms with Gasteiger partial charge >= 0.3 is 5.97 Å². The number of aryl methyl sites for hydroxylation is 1. The molecule has 4 nitrogen and oxygen atoms in total. The van der Waals surface area contributed by atoms with Gasteiger partial charge in [0.1, 0.15) is 18.1 Å². The number of esters is 1. The number of fused-ring (bicyclic) bond motifs is 1. The van der Waals surface area contributed by atoms with Crippen molar-refractivity contribution < 1.29 is 19.0 Å². The molecular weight excluding hydrogens is 280 g/mol. The highest BCUT2D eigenvalue weighted by Gasteiger charge is 2.27. The Morgan fingerprint density at radius 1 is 1.23 bits per heavy atom. The summed E-state index contributed by atoms with van der Waals surface area (Å²) in [4.78, 5) is 11.6. The lowest BCUT2D eigenvalue weighted by atomic mass is 10.0. The Kier molecular flexibility index (Phi) is 4.28. The van der Waals surface area contributed by atoms with Crippen molar-refractivity contribution in [3.63, 3.8) is 0 Å². The molecule has 1 heterocycles. The Labute approximate surface area is 129 Å². The molecule has 2 aromatic carbocycles. The molecule has 0 saturated carbocycles. The number of methoxy groups -OCH3 is 1. The van der Waals surface area contributed by atoms with Crippen LogP contribution in [0.15, 0.2) is 48.5 Å². The van der Waals surface area contributed by atoms with Gasteiger partial charge in [0.05, 0.1) is 7.11 Å². The van der Waals surface area contributed by atoms with Crippen molar-refractivity contribution in [1.29, 1.82) is 0 Å². The van der Waals surface area contributed by atoms with Gasteiger partial charge < -0.3 is 14.2 Å². The molecule has 22 heavy (non-hydrogen) atoms. The molecule has 0 aliphatic carbocycles. The third-order valence-electron chi connectivity index (χ3n) is 3.70. The number of hydrogen-bond donors (Lipinski definition) is 0. The molecule has 1 aliphatic heterocycles. The van der Waals surface area contributed by atoms with E-state index in [1.165, 1.54) is 7.11 Å². The van der Waals surface area contributed by atoms with E-state index in [1.807, 2.05) is 48.5 Å². The van der Waals surface area contributed by atoms with Gasteiger partial charge in [0, 0.05) is 6.07 Å². The van der Waals surface area contributed by atoms with Crippen molar-refractivity contribution in [2.24, 2.45) is 0 Å². The zero-order chi connectivity index (χ0) is 15.4. The third kappa shape index (κ3) is 3.22. The van der Waals surface area contributed by atoms with Gasteiger partial charge in [0.2, 0.25) is 0 Å². The first-order valence-electron chi connectivity index (χ1n) is 7.30. The number of carbonyl (C=O) groups is 1. The fourth-order valence-corrected chi connectivity index (χ4v) is 2.48. The number of hydrogen-bond acceptors (Lipinski definition) is 4. The summed E-state index contributed by atoms with van der Waals surface area (Å²) in [6, 6.07) is 15.7. The number of rotatable bonds is 4. The SMILES string of the molecule is COC(=O)C1CCc2ccc(OCc3ccccc3)cc2O1. The second kappa shape index (κ2) is 6.52. The van der Waals surface area contributed by atoms with Gasteiger partial charge in [0.15, 0.2) is 6.10 Å². The summed E-state index contributed by atoms with van der Waals surface area (Å²) in [7, 11) is 1.38. The van der Waals surface area contributed by atoms with Crippen LogP contribution in [-0.2, 0) is 22.6 Å². The Bertz CT molecular complexity index is 651. The van der Waals surface area contributed by atoms with Crippen LogP contribution in [-0.4, -0.2) is 19.2 Å². The molecule has 0 aromatic heterocycles. The molecular formula is C18H18O4. The summed E-state index contributed by atoms with van der Waals surface area (Å²) in [6.07, 6.45) is 0.916. The predicted molar refractivity (Wildman–Crippen MR) is 82.0 cm³/mol. The van der Waals surface area contributed by atoms with E-state index in [0.29, 0.717) is 18.8 Å². The molecule has 3 rings (SSSR count). The summed E-state index contributed by atoms with van der Waals surface area (Å²) in [5, 5.41) is 0. The van der Waals surface area contributed by atoms with Gasteiger partial charge in [-0.05, 0) is 30.0 Å². The van der Waals surface area contributed by atoms with Gasteiger partial charge in [-0.2, -0.15) is 0 Å². The molecule has 1 aliphatic rings. The first-order valence-corrected chi connectivity index (χ1v) is 7.30. The summed E-state index contributed by atoms with van der Waals surface area (Å²) in [5.41, 5.74) is 2.20. The third-order valence-corrected chi connectivity index (χ3v) is 3.70. The van der Waals surface area contributed by atoms with Crippen molar-refractivity contribution in [2.45, 2.75) is 25.6 Å². The molecule has 1 atom stereocenters. The Morgan fingerprint density at radius 2 is 2.05 bits per heavy atom. The zero-order valence-corrected chi connectivity index (χ0v) is 12.5. The van der Waals surface area contributed by atoms with Crippen LogP contribution in [0.4, 0.5) is 0 Å². The molecule has 0 spiro atoms. The standard InChI is InChI=1S/C18H18O4/c1-20-18(19)16-10-8-14-7-9-15(11-17(14)22-16)21-12-13-5-3-2-4-6-13/h2-7,9,11,16H,8,10,12H2,1H3. The Hall–Kier alpha value is -2.49. The highest BCUT2D eigenvalue weighted by Crippen LogP contribution is 2.32. The van der Waals surface area contributed by atoms with E-state index in [9.17, 15) is 4.79 Å². The Morgan fingerprint density at radius 3 is 2.82 bits per heavy atom. The van der Waals surface area contributed by atoms with Crippen molar-refractivity contribution in [2.75, 3.05) is 7.11 Å². The molecule has 0 saturated heterocycles. The van der Waals surface area contributed by atoms with E-state index >= 15 is 0 Å². The molecule has 0 radical (unpaired) electrons. The minimum absolute atomic E-state index is 0.332. The van der Waals surface area contributed by atoms with E-state index in [2.05, 4.69) is 0 Å². The van der Waals surface area contributed by atoms with Crippen LogP contribution in [0.2, 0.25) is 0 Å². The van der Waals surface area contributed by atoms with Crippen molar-refractivity contribution >= 4 is 5.97 Å². The molecule has 1 unspecified atom stereocenters. The van der Waals surface area contributed by atoms with Crippen LogP contribution in [0, 0.1) is 0 Å². The highest BCUT2D eigenvalue weighted by atomic mass is 16.6. The first kappa shape index (κ1) is 14.4. The van der Waals surface area contributed by atoms with Gasteiger partial charge in [0.25, 0.3) is 0 Å². The maximum Gasteiger partial charge on any atom is 0.347 e. The molecule has 0 bridgehead atoms. The van der Waals surface area contributed by atoms with E-state index in [1.54, 1.807) is 0 Å². The summed E-state index contributed by atoms with van der Waals surface area (Å²) >= 11 is 0. The van der Waals surface area contributed by atoms with E-state index in [0.717, 1.165) is 23.3 Å². The molecule has 0 N–H and O–H groups in total. The lowest BCUT2D eigenvalue weighted by Gasteiger charge is -2.24. The number of ether oxygens (including phenoxy) is 3. The smallest absolute Gasteiger partial charge is 0.347 e. The Balaban J connectivity index is 1.69. The summed E-state index contributed by atoms with van der Waals surface area (Å²) in [5.74, 6) is 1.10. The highest BCUT2D eigenvalue weighted by molar-refractivity contribution is 5.75. The van der Waals surface area contributed by atoms with Crippen LogP contribution in [0.25, 0.3) is 0 Å². The molecule has 0 amide bonds. The maximum atomic E-state index is 11.6. The van der Waals surface area contributed by atoms with Crippen molar-refractivity contribution in [3.8, 4) is 11.5 Å². The van der Waals surface area contributed by atoms with Gasteiger partial charge in [-0.3, -0.25) is 0 Å². The topological polar surface area (TPSA) is 44.8 Å². The summed E-state index contributed by atoms with van der Waals surface area (Å²) in [6.45, 7) is 0.500. The quantitative estimate of drug-likeness (QED) is 0.814. The van der Waals surface area contributed by atoms with E-state index in [-0.39, 0.29) is 5.97 Å². The molecule has 0 fully saturated rings. The average Bonchev–Trinajstić information content (AvgIpc) is 2.59. The molecule has 2 aromatic rings. The zero-order valence-electron chi connectivity index (χ0n) is 12.5. The lowest BCUT2D eigenvalue weighted by Crippen LogP contribution is -2.32.